The van der Waals surface area contributed by atoms with E-state index in [1.165, 1.54) is 0 Å². The average molecular weight is 263 g/mol. The van der Waals surface area contributed by atoms with Crippen LogP contribution in [-0.2, 0) is 7.05 Å². The molecule has 2 heterocycles. The number of benzene rings is 1. The van der Waals surface area contributed by atoms with Crippen LogP contribution in [0.4, 0.5) is 11.5 Å². The summed E-state index contributed by atoms with van der Waals surface area (Å²) in [5, 5.41) is 18.9. The Morgan fingerprint density at radius 3 is 2.95 bits per heavy atom. The molecule has 0 saturated heterocycles. The van der Waals surface area contributed by atoms with E-state index < -0.39 is 0 Å². The van der Waals surface area contributed by atoms with Crippen LogP contribution < -0.4 is 5.32 Å². The minimum absolute atomic E-state index is 0.568. The number of nitriles is 1. The molecule has 0 aliphatic carbocycles. The lowest BCUT2D eigenvalue weighted by atomic mass is 10.1. The molecule has 0 spiro atoms. The second kappa shape index (κ2) is 4.67. The predicted octanol–water partition coefficient (Wildman–Crippen LogP) is 2.89. The molecular formula is C15H13N5. The molecule has 0 atom stereocenters. The summed E-state index contributed by atoms with van der Waals surface area (Å²) in [6.07, 6.45) is 3.58. The fourth-order valence-electron chi connectivity index (χ4n) is 2.29. The maximum Gasteiger partial charge on any atom is 0.146 e. The highest BCUT2D eigenvalue weighted by molar-refractivity contribution is 5.94. The van der Waals surface area contributed by atoms with Crippen molar-refractivity contribution in [3.05, 3.63) is 47.9 Å². The third-order valence-corrected chi connectivity index (χ3v) is 3.27. The number of nitrogens with zero attached hydrogens (tertiary/aromatic N) is 4. The van der Waals surface area contributed by atoms with Gasteiger partial charge >= 0.3 is 0 Å². The predicted molar refractivity (Wildman–Crippen MR) is 77.7 cm³/mol. The summed E-state index contributed by atoms with van der Waals surface area (Å²) >= 11 is 0. The van der Waals surface area contributed by atoms with Crippen molar-refractivity contribution in [1.29, 1.82) is 5.26 Å². The van der Waals surface area contributed by atoms with Gasteiger partial charge < -0.3 is 5.32 Å². The highest BCUT2D eigenvalue weighted by atomic mass is 15.3. The minimum Gasteiger partial charge on any atom is -0.339 e. The first kappa shape index (κ1) is 12.2. The lowest BCUT2D eigenvalue weighted by Crippen LogP contribution is -2.01. The van der Waals surface area contributed by atoms with Gasteiger partial charge in [-0.15, -0.1) is 0 Å². The first-order valence-electron chi connectivity index (χ1n) is 6.24. The molecular weight excluding hydrogens is 250 g/mol. The monoisotopic (exact) mass is 263 g/mol. The second-order valence-corrected chi connectivity index (χ2v) is 4.57. The number of hydrogen-bond donors (Lipinski definition) is 1. The Bertz CT molecular complexity index is 821. The number of aromatic nitrogens is 3. The van der Waals surface area contributed by atoms with Crippen LogP contribution in [0.15, 0.2) is 36.7 Å². The normalized spacial score (nSPS) is 10.4. The van der Waals surface area contributed by atoms with E-state index in [9.17, 15) is 5.26 Å². The molecule has 3 rings (SSSR count). The first-order chi connectivity index (χ1) is 9.70. The molecule has 2 aromatic heterocycles. The zero-order valence-electron chi connectivity index (χ0n) is 11.3. The van der Waals surface area contributed by atoms with Crippen LogP contribution in [0.1, 0.15) is 11.3 Å². The topological polar surface area (TPSA) is 66.5 Å². The number of hydrogen-bond acceptors (Lipinski definition) is 4. The minimum atomic E-state index is 0.568. The number of rotatable bonds is 2. The van der Waals surface area contributed by atoms with Gasteiger partial charge in [0.05, 0.1) is 5.69 Å². The van der Waals surface area contributed by atoms with Crippen molar-refractivity contribution in [2.75, 3.05) is 5.32 Å². The summed E-state index contributed by atoms with van der Waals surface area (Å²) in [7, 11) is 1.82. The average Bonchev–Trinajstić information content (AvgIpc) is 2.73. The molecule has 3 aromatic rings. The molecule has 0 aliphatic heterocycles. The molecule has 5 heteroatoms. The van der Waals surface area contributed by atoms with E-state index in [-0.39, 0.29) is 0 Å². The quantitative estimate of drug-likeness (QED) is 0.772. The number of aryl methyl sites for hydroxylation is 2. The Labute approximate surface area is 116 Å². The molecule has 5 nitrogen and oxygen atoms in total. The van der Waals surface area contributed by atoms with Gasteiger partial charge in [-0.05, 0) is 19.1 Å². The van der Waals surface area contributed by atoms with Crippen molar-refractivity contribution >= 4 is 22.3 Å². The zero-order valence-corrected chi connectivity index (χ0v) is 11.3. The molecule has 0 radical (unpaired) electrons. The summed E-state index contributed by atoms with van der Waals surface area (Å²) in [4.78, 5) is 4.12. The van der Waals surface area contributed by atoms with Crippen molar-refractivity contribution in [2.24, 2.45) is 7.05 Å². The van der Waals surface area contributed by atoms with Gasteiger partial charge in [0.25, 0.3) is 0 Å². The van der Waals surface area contributed by atoms with Gasteiger partial charge in [-0.3, -0.25) is 9.67 Å². The fourth-order valence-corrected chi connectivity index (χ4v) is 2.29. The van der Waals surface area contributed by atoms with Crippen LogP contribution in [0.2, 0.25) is 0 Å². The summed E-state index contributed by atoms with van der Waals surface area (Å²) in [6.45, 7) is 1.83. The van der Waals surface area contributed by atoms with Crippen LogP contribution in [0.3, 0.4) is 0 Å². The van der Waals surface area contributed by atoms with Gasteiger partial charge in [0.15, 0.2) is 0 Å². The number of pyridine rings is 1. The van der Waals surface area contributed by atoms with Crippen molar-refractivity contribution in [1.82, 2.24) is 14.8 Å². The van der Waals surface area contributed by atoms with E-state index in [0.29, 0.717) is 11.4 Å². The van der Waals surface area contributed by atoms with Gasteiger partial charge in [-0.1, -0.05) is 12.1 Å². The zero-order chi connectivity index (χ0) is 14.1. The molecule has 98 valence electrons. The maximum absolute atomic E-state index is 9.25. The Morgan fingerprint density at radius 2 is 2.15 bits per heavy atom. The third kappa shape index (κ3) is 1.88. The summed E-state index contributed by atoms with van der Waals surface area (Å²) in [6, 6.07) is 10.1. The van der Waals surface area contributed by atoms with Crippen molar-refractivity contribution < 1.29 is 0 Å². The molecule has 1 aromatic carbocycles. The Kier molecular flexibility index (Phi) is 2.84. The van der Waals surface area contributed by atoms with Crippen LogP contribution in [-0.4, -0.2) is 14.8 Å². The maximum atomic E-state index is 9.25. The Morgan fingerprint density at radius 1 is 1.30 bits per heavy atom. The Hall–Kier alpha value is -2.87. The molecule has 0 saturated carbocycles. The summed E-state index contributed by atoms with van der Waals surface area (Å²) in [5.41, 5.74) is 2.22. The van der Waals surface area contributed by atoms with Gasteiger partial charge in [0.2, 0.25) is 0 Å². The largest absolute Gasteiger partial charge is 0.339 e. The van der Waals surface area contributed by atoms with Crippen molar-refractivity contribution in [3.63, 3.8) is 0 Å². The van der Waals surface area contributed by atoms with Gasteiger partial charge in [-0.2, -0.15) is 10.4 Å². The standard InChI is InChI=1S/C15H13N5/c1-10-13(8-16)15(20(2)19-10)18-14-5-3-4-11-9-17-7-6-12(11)14/h3-7,9,18H,1-2H3. The van der Waals surface area contributed by atoms with E-state index in [4.69, 9.17) is 0 Å². The molecule has 0 aliphatic rings. The smallest absolute Gasteiger partial charge is 0.146 e. The molecule has 0 fully saturated rings. The van der Waals surface area contributed by atoms with E-state index in [1.807, 2.05) is 44.4 Å². The van der Waals surface area contributed by atoms with E-state index >= 15 is 0 Å². The lowest BCUT2D eigenvalue weighted by molar-refractivity contribution is 0.765. The van der Waals surface area contributed by atoms with Crippen LogP contribution in [0, 0.1) is 18.3 Å². The summed E-state index contributed by atoms with van der Waals surface area (Å²) < 4.78 is 1.69. The molecule has 0 unspecified atom stereocenters. The van der Waals surface area contributed by atoms with Crippen LogP contribution in [0.25, 0.3) is 10.8 Å². The van der Waals surface area contributed by atoms with E-state index in [0.717, 1.165) is 22.2 Å². The summed E-state index contributed by atoms with van der Waals surface area (Å²) in [5.74, 6) is 0.703. The highest BCUT2D eigenvalue weighted by Crippen LogP contribution is 2.28. The van der Waals surface area contributed by atoms with Gasteiger partial charge in [0.1, 0.15) is 17.5 Å². The molecule has 1 N–H and O–H groups in total. The number of anilines is 2. The van der Waals surface area contributed by atoms with E-state index in [2.05, 4.69) is 21.5 Å². The fraction of sp³-hybridized carbons (Fsp3) is 0.133. The van der Waals surface area contributed by atoms with Gasteiger partial charge in [-0.25, -0.2) is 0 Å². The number of fused-ring (bicyclic) bond motifs is 1. The highest BCUT2D eigenvalue weighted by Gasteiger charge is 2.13. The Balaban J connectivity index is 2.13. The molecule has 20 heavy (non-hydrogen) atoms. The van der Waals surface area contributed by atoms with Crippen molar-refractivity contribution in [2.45, 2.75) is 6.92 Å². The SMILES string of the molecule is Cc1nn(C)c(Nc2cccc3cnccc23)c1C#N. The molecule has 0 amide bonds. The van der Waals surface area contributed by atoms with E-state index in [1.54, 1.807) is 10.9 Å². The number of nitrogens with one attached hydrogen (secondary N) is 1. The second-order valence-electron chi connectivity index (χ2n) is 4.57. The third-order valence-electron chi connectivity index (χ3n) is 3.27. The van der Waals surface area contributed by atoms with Crippen LogP contribution >= 0.6 is 0 Å². The first-order valence-corrected chi connectivity index (χ1v) is 6.24. The van der Waals surface area contributed by atoms with Gasteiger partial charge in [0, 0.05) is 35.9 Å². The lowest BCUT2D eigenvalue weighted by Gasteiger charge is -2.10. The van der Waals surface area contributed by atoms with Crippen LogP contribution in [0.5, 0.6) is 0 Å². The molecule has 0 bridgehead atoms. The van der Waals surface area contributed by atoms with Crippen molar-refractivity contribution in [3.8, 4) is 6.07 Å².